The fourth-order valence-electron chi connectivity index (χ4n) is 1.64. The number of aliphatic hydroxyl groups excluding tert-OH is 1. The Morgan fingerprint density at radius 3 is 2.29 bits per heavy atom. The van der Waals surface area contributed by atoms with Crippen LogP contribution in [0.25, 0.3) is 0 Å². The van der Waals surface area contributed by atoms with E-state index in [2.05, 4.69) is 5.32 Å². The van der Waals surface area contributed by atoms with E-state index in [1.165, 1.54) is 31.2 Å². The van der Waals surface area contributed by atoms with Crippen LogP contribution >= 0.6 is 11.6 Å². The Kier molecular flexibility index (Phi) is 6.12. The van der Waals surface area contributed by atoms with Crippen molar-refractivity contribution in [2.75, 3.05) is 12.9 Å². The second kappa shape index (κ2) is 7.20. The van der Waals surface area contributed by atoms with Gasteiger partial charge in [-0.2, -0.15) is 0 Å². The van der Waals surface area contributed by atoms with Crippen LogP contribution in [0.1, 0.15) is 18.6 Å². The fourth-order valence-corrected chi connectivity index (χ4v) is 2.34. The molecule has 0 unspecified atom stereocenters. The van der Waals surface area contributed by atoms with Gasteiger partial charge in [-0.15, -0.1) is 11.6 Å². The van der Waals surface area contributed by atoms with E-state index in [1.54, 1.807) is 0 Å². The first-order chi connectivity index (χ1) is 9.66. The van der Waals surface area contributed by atoms with E-state index in [9.17, 15) is 22.7 Å². The number of aliphatic hydroxyl groups is 1. The van der Waals surface area contributed by atoms with Crippen molar-refractivity contribution >= 4 is 27.3 Å². The van der Waals surface area contributed by atoms with Gasteiger partial charge in [-0.1, -0.05) is 12.1 Å². The zero-order valence-corrected chi connectivity index (χ0v) is 13.2. The predicted molar refractivity (Wildman–Crippen MR) is 77.7 cm³/mol. The van der Waals surface area contributed by atoms with Gasteiger partial charge in [0.25, 0.3) is 0 Å². The van der Waals surface area contributed by atoms with Crippen LogP contribution < -0.4 is 5.32 Å². The summed E-state index contributed by atoms with van der Waals surface area (Å²) in [7, 11) is -3.34. The number of rotatable bonds is 6. The first kappa shape index (κ1) is 17.9. The Morgan fingerprint density at radius 2 is 1.90 bits per heavy atom. The summed E-state index contributed by atoms with van der Waals surface area (Å²) in [6.45, 7) is 0.448. The minimum Gasteiger partial charge on any atom is -0.386 e. The molecule has 0 aliphatic heterocycles. The molecule has 2 N–H and O–H groups in total. The molecular weight excluding hydrogens is 321 g/mol. The van der Waals surface area contributed by atoms with Crippen LogP contribution in [0.2, 0.25) is 0 Å². The van der Waals surface area contributed by atoms with Crippen LogP contribution in [0.15, 0.2) is 29.2 Å². The van der Waals surface area contributed by atoms with Gasteiger partial charge in [-0.25, -0.2) is 12.8 Å². The maximum absolute atomic E-state index is 13.0. The maximum Gasteiger partial charge on any atom is 0.238 e. The number of benzene rings is 1. The number of halogens is 2. The standard InChI is InChI=1S/C13H17ClFNO4S/c1-8(14)13(18)16-11(7-15)12(17)9-3-5-10(6-4-9)21(2,19)20/h3-6,8,11-12,17H,7H2,1-2H3,(H,16,18)/t8-,11+,12+/m0/s1. The molecular formula is C13H17ClFNO4S. The molecule has 1 aromatic rings. The lowest BCUT2D eigenvalue weighted by molar-refractivity contribution is -0.122. The summed E-state index contributed by atoms with van der Waals surface area (Å²) in [4.78, 5) is 11.5. The van der Waals surface area contributed by atoms with Gasteiger partial charge in [-0.05, 0) is 24.6 Å². The molecule has 118 valence electrons. The van der Waals surface area contributed by atoms with Crippen molar-refractivity contribution in [2.45, 2.75) is 29.3 Å². The van der Waals surface area contributed by atoms with E-state index in [0.717, 1.165) is 6.26 Å². The van der Waals surface area contributed by atoms with E-state index in [1.807, 2.05) is 0 Å². The van der Waals surface area contributed by atoms with E-state index in [0.29, 0.717) is 5.56 Å². The number of alkyl halides is 2. The minimum absolute atomic E-state index is 0.0914. The van der Waals surface area contributed by atoms with Gasteiger partial charge in [0.15, 0.2) is 9.84 Å². The highest BCUT2D eigenvalue weighted by atomic mass is 35.5. The molecule has 1 amide bonds. The number of hydrogen-bond acceptors (Lipinski definition) is 4. The molecule has 3 atom stereocenters. The third-order valence-electron chi connectivity index (χ3n) is 2.89. The number of carbonyl (C=O) groups excluding carboxylic acids is 1. The van der Waals surface area contributed by atoms with Crippen LogP contribution in [-0.2, 0) is 14.6 Å². The lowest BCUT2D eigenvalue weighted by atomic mass is 10.0. The summed E-state index contributed by atoms with van der Waals surface area (Å²) >= 11 is 5.57. The predicted octanol–water partition coefficient (Wildman–Crippen LogP) is 1.21. The SMILES string of the molecule is C[C@H](Cl)C(=O)N[C@H](CF)[C@H](O)c1ccc(S(C)(=O)=O)cc1. The molecule has 0 fully saturated rings. The number of sulfone groups is 1. The van der Waals surface area contributed by atoms with Crippen molar-refractivity contribution in [3.05, 3.63) is 29.8 Å². The second-order valence-corrected chi connectivity index (χ2v) is 7.34. The molecule has 0 heterocycles. The number of amides is 1. The third kappa shape index (κ3) is 4.94. The van der Waals surface area contributed by atoms with Gasteiger partial charge in [0.1, 0.15) is 18.2 Å². The Bertz CT molecular complexity index is 589. The molecule has 0 bridgehead atoms. The Labute approximate surface area is 128 Å². The maximum atomic E-state index is 13.0. The highest BCUT2D eigenvalue weighted by Gasteiger charge is 2.24. The molecule has 0 aromatic heterocycles. The van der Waals surface area contributed by atoms with Crippen LogP contribution in [-0.4, -0.2) is 43.8 Å². The molecule has 0 spiro atoms. The van der Waals surface area contributed by atoms with Crippen molar-refractivity contribution in [3.63, 3.8) is 0 Å². The summed E-state index contributed by atoms with van der Waals surface area (Å²) in [5.41, 5.74) is 0.299. The van der Waals surface area contributed by atoms with Crippen molar-refractivity contribution in [1.29, 1.82) is 0 Å². The molecule has 0 aliphatic carbocycles. The fraction of sp³-hybridized carbons (Fsp3) is 0.462. The van der Waals surface area contributed by atoms with Gasteiger partial charge in [0.05, 0.1) is 10.9 Å². The monoisotopic (exact) mass is 337 g/mol. The Morgan fingerprint density at radius 1 is 1.38 bits per heavy atom. The van der Waals surface area contributed by atoms with E-state index < -0.39 is 39.9 Å². The van der Waals surface area contributed by atoms with Crippen molar-refractivity contribution in [2.24, 2.45) is 0 Å². The topological polar surface area (TPSA) is 83.5 Å². The molecule has 1 aromatic carbocycles. The molecule has 21 heavy (non-hydrogen) atoms. The van der Waals surface area contributed by atoms with Gasteiger partial charge >= 0.3 is 0 Å². The molecule has 1 rings (SSSR count). The molecule has 0 saturated heterocycles. The highest BCUT2D eigenvalue weighted by molar-refractivity contribution is 7.90. The summed E-state index contributed by atoms with van der Waals surface area (Å²) < 4.78 is 35.6. The van der Waals surface area contributed by atoms with Crippen LogP contribution in [0.3, 0.4) is 0 Å². The summed E-state index contributed by atoms with van der Waals surface area (Å²) in [5.74, 6) is -0.592. The molecule has 0 aliphatic rings. The summed E-state index contributed by atoms with van der Waals surface area (Å²) in [5, 5.41) is 11.5. The van der Waals surface area contributed by atoms with Crippen LogP contribution in [0.5, 0.6) is 0 Å². The summed E-state index contributed by atoms with van der Waals surface area (Å²) in [6.07, 6.45) is -0.242. The van der Waals surface area contributed by atoms with E-state index in [-0.39, 0.29) is 4.90 Å². The van der Waals surface area contributed by atoms with E-state index in [4.69, 9.17) is 11.6 Å². The Balaban J connectivity index is 2.90. The summed E-state index contributed by atoms with van der Waals surface area (Å²) in [6, 6.07) is 4.23. The number of carbonyl (C=O) groups is 1. The quantitative estimate of drug-likeness (QED) is 0.764. The molecule has 0 saturated carbocycles. The Hall–Kier alpha value is -1.18. The first-order valence-corrected chi connectivity index (χ1v) is 8.48. The van der Waals surface area contributed by atoms with E-state index >= 15 is 0 Å². The van der Waals surface area contributed by atoms with Crippen LogP contribution in [0.4, 0.5) is 4.39 Å². The average Bonchev–Trinajstić information content (AvgIpc) is 2.42. The van der Waals surface area contributed by atoms with Crippen LogP contribution in [0, 0.1) is 0 Å². The lowest BCUT2D eigenvalue weighted by Gasteiger charge is -2.22. The first-order valence-electron chi connectivity index (χ1n) is 6.15. The number of hydrogen-bond donors (Lipinski definition) is 2. The van der Waals surface area contributed by atoms with Crippen molar-refractivity contribution < 1.29 is 22.7 Å². The van der Waals surface area contributed by atoms with Gasteiger partial charge < -0.3 is 10.4 Å². The zero-order valence-electron chi connectivity index (χ0n) is 11.6. The largest absolute Gasteiger partial charge is 0.386 e. The minimum atomic E-state index is -3.34. The highest BCUT2D eigenvalue weighted by Crippen LogP contribution is 2.20. The van der Waals surface area contributed by atoms with Gasteiger partial charge in [0.2, 0.25) is 5.91 Å². The smallest absolute Gasteiger partial charge is 0.238 e. The van der Waals surface area contributed by atoms with Crippen molar-refractivity contribution in [3.8, 4) is 0 Å². The normalized spacial score (nSPS) is 16.0. The van der Waals surface area contributed by atoms with Gasteiger partial charge in [-0.3, -0.25) is 4.79 Å². The average molecular weight is 338 g/mol. The van der Waals surface area contributed by atoms with Crippen molar-refractivity contribution in [1.82, 2.24) is 5.32 Å². The molecule has 0 radical (unpaired) electrons. The van der Waals surface area contributed by atoms with Gasteiger partial charge in [0, 0.05) is 6.26 Å². The number of nitrogens with one attached hydrogen (secondary N) is 1. The lowest BCUT2D eigenvalue weighted by Crippen LogP contribution is -2.43. The second-order valence-electron chi connectivity index (χ2n) is 4.67. The molecule has 8 heteroatoms. The molecule has 5 nitrogen and oxygen atoms in total. The zero-order chi connectivity index (χ0) is 16.2. The third-order valence-corrected chi connectivity index (χ3v) is 4.21.